The minimum absolute atomic E-state index is 0.0354. The molecule has 16 heteroatoms. The lowest BCUT2D eigenvalue weighted by Gasteiger charge is -2.51. The van der Waals surface area contributed by atoms with Crippen LogP contribution in [-0.2, 0) is 38.7 Å². The number of likely N-dealkylation sites (tertiary alicyclic amines) is 2. The zero-order chi connectivity index (χ0) is 41.8. The number of alkyl halides is 6. The molecule has 9 nitrogen and oxygen atoms in total. The van der Waals surface area contributed by atoms with Crippen LogP contribution in [0.25, 0.3) is 0 Å². The number of pyridine rings is 1. The molecule has 308 valence electrons. The van der Waals surface area contributed by atoms with Crippen LogP contribution >= 0.6 is 11.3 Å². The number of thiophene rings is 1. The first kappa shape index (κ1) is 43.6. The van der Waals surface area contributed by atoms with E-state index in [0.717, 1.165) is 45.8 Å². The van der Waals surface area contributed by atoms with Gasteiger partial charge in [-0.15, -0.1) is 11.3 Å². The molecule has 2 fully saturated rings. The Hall–Kier alpha value is -4.49. The van der Waals surface area contributed by atoms with Crippen LogP contribution in [0.1, 0.15) is 105 Å². The summed E-state index contributed by atoms with van der Waals surface area (Å²) in [5, 5.41) is 11.8. The fraction of sp³-hybridized carbons (Fsp3) is 0.537. The number of ether oxygens (including phenoxy) is 2. The van der Waals surface area contributed by atoms with Crippen LogP contribution in [0.15, 0.2) is 54.0 Å². The van der Waals surface area contributed by atoms with Gasteiger partial charge < -0.3 is 19.3 Å². The van der Waals surface area contributed by atoms with Crippen LogP contribution in [0, 0.1) is 16.7 Å². The van der Waals surface area contributed by atoms with E-state index in [1.165, 1.54) is 11.8 Å². The number of piperidine rings is 2. The first-order chi connectivity index (χ1) is 26.8. The van der Waals surface area contributed by atoms with Crippen molar-refractivity contribution in [2.45, 2.75) is 109 Å². The number of nitrogens with zero attached hydrogens (tertiary/aromatic N) is 4. The lowest BCUT2D eigenvalue weighted by atomic mass is 9.71. The fourth-order valence-corrected chi connectivity index (χ4v) is 8.35. The topological polar surface area (TPSA) is 113 Å². The molecule has 2 atom stereocenters. The molecule has 2 amide bonds. The number of Topliss-reactive ketones (excluding diaryl/α,β-unsaturated/α-hetero) is 1. The number of carbonyl (C=O) groups excluding carboxylic acids is 3. The maximum absolute atomic E-state index is 15.0. The molecule has 2 aromatic heterocycles. The van der Waals surface area contributed by atoms with Crippen LogP contribution in [0.5, 0.6) is 5.75 Å². The molecule has 57 heavy (non-hydrogen) atoms. The zero-order valence-electron chi connectivity index (χ0n) is 32.3. The Labute approximate surface area is 331 Å². The minimum atomic E-state index is -4.92. The highest BCUT2D eigenvalue weighted by atomic mass is 32.1. The fourth-order valence-electron chi connectivity index (χ4n) is 7.67. The van der Waals surface area contributed by atoms with E-state index in [0.29, 0.717) is 30.8 Å². The molecule has 5 rings (SSSR count). The second-order valence-electron chi connectivity index (χ2n) is 15.3. The number of nitriles is 1. The molecule has 0 spiro atoms. The number of carbonyl (C=O) groups is 3. The van der Waals surface area contributed by atoms with Gasteiger partial charge in [0.25, 0.3) is 11.8 Å². The standard InChI is InChI=1S/C41H46F6N4O5S/c1-5-10-32-39(56-29-23-33(57-25-29)41(45,46)47,14-9-19-51(32)35(53)34-31(40(42,43)44)13-8-18-49-34)36(54)50-20-15-38(26-48,16-21-50)30-12-7-6-11-28(30)24-55-22-17-37(3,4)27(2)52/h6-8,11-13,18,23,25,32H,5,9-10,14-17,19-22,24H2,1-4H3/t32-,39+/m1/s1. The van der Waals surface area contributed by atoms with Crippen LogP contribution in [0.4, 0.5) is 26.3 Å². The van der Waals surface area contributed by atoms with E-state index in [4.69, 9.17) is 9.47 Å². The van der Waals surface area contributed by atoms with Gasteiger partial charge in [0, 0.05) is 55.7 Å². The van der Waals surface area contributed by atoms with Crippen molar-refractivity contribution in [2.24, 2.45) is 5.41 Å². The number of hydrogen-bond acceptors (Lipinski definition) is 8. The van der Waals surface area contributed by atoms with Gasteiger partial charge in [-0.2, -0.15) is 31.6 Å². The molecule has 0 aliphatic carbocycles. The summed E-state index contributed by atoms with van der Waals surface area (Å²) in [7, 11) is 0. The van der Waals surface area contributed by atoms with Gasteiger partial charge in [-0.25, -0.2) is 0 Å². The largest absolute Gasteiger partial charge is 0.474 e. The van der Waals surface area contributed by atoms with E-state index in [1.807, 2.05) is 38.1 Å². The second kappa shape index (κ2) is 17.2. The Bertz CT molecular complexity index is 1970. The molecular formula is C41H46F6N4O5S. The Kier molecular flexibility index (Phi) is 13.1. The summed E-state index contributed by atoms with van der Waals surface area (Å²) in [5.74, 6) is -1.92. The van der Waals surface area contributed by atoms with Crippen LogP contribution in [-0.4, -0.2) is 70.3 Å². The van der Waals surface area contributed by atoms with Crippen LogP contribution in [0.3, 0.4) is 0 Å². The Morgan fingerprint density at radius 2 is 1.70 bits per heavy atom. The number of halogens is 6. The van der Waals surface area contributed by atoms with Gasteiger partial charge in [-0.3, -0.25) is 19.4 Å². The summed E-state index contributed by atoms with van der Waals surface area (Å²) < 4.78 is 95.8. The molecule has 3 aromatic rings. The summed E-state index contributed by atoms with van der Waals surface area (Å²) in [5.41, 5.74) is -4.18. The SMILES string of the molecule is CCC[C@H]1N(C(=O)c2ncccc2C(F)(F)F)CCC[C@@]1(Oc1csc(C(F)(F)F)c1)C(=O)N1CCC(C#N)(c2ccccc2COCCC(C)(C)C(C)=O)CC1. The molecule has 0 saturated carbocycles. The maximum Gasteiger partial charge on any atom is 0.425 e. The molecule has 4 heterocycles. The van der Waals surface area contributed by atoms with Gasteiger partial charge in [0.05, 0.1) is 29.7 Å². The van der Waals surface area contributed by atoms with Gasteiger partial charge in [0.15, 0.2) is 0 Å². The average Bonchev–Trinajstić information content (AvgIpc) is 3.66. The number of rotatable bonds is 13. The second-order valence-corrected chi connectivity index (χ2v) is 16.2. The summed E-state index contributed by atoms with van der Waals surface area (Å²) in [6.45, 7) is 7.52. The lowest BCUT2D eigenvalue weighted by molar-refractivity contribution is -0.160. The predicted molar refractivity (Wildman–Crippen MR) is 199 cm³/mol. The third-order valence-corrected chi connectivity index (χ3v) is 12.2. The predicted octanol–water partition coefficient (Wildman–Crippen LogP) is 9.01. The highest BCUT2D eigenvalue weighted by Crippen LogP contribution is 2.44. The summed E-state index contributed by atoms with van der Waals surface area (Å²) in [6.07, 6.45) is -7.20. The molecule has 2 aliphatic heterocycles. The van der Waals surface area contributed by atoms with Crippen molar-refractivity contribution in [3.05, 3.63) is 81.3 Å². The molecule has 0 radical (unpaired) electrons. The van der Waals surface area contributed by atoms with Crippen molar-refractivity contribution in [3.63, 3.8) is 0 Å². The first-order valence-corrected chi connectivity index (χ1v) is 19.7. The van der Waals surface area contributed by atoms with Crippen molar-refractivity contribution in [1.82, 2.24) is 14.8 Å². The smallest absolute Gasteiger partial charge is 0.425 e. The molecule has 2 aliphatic rings. The maximum atomic E-state index is 15.0. The summed E-state index contributed by atoms with van der Waals surface area (Å²) >= 11 is 0.373. The molecular weight excluding hydrogens is 775 g/mol. The van der Waals surface area contributed by atoms with Gasteiger partial charge in [-0.1, -0.05) is 51.5 Å². The van der Waals surface area contributed by atoms with E-state index < -0.39 is 62.8 Å². The number of benzene rings is 1. The van der Waals surface area contributed by atoms with Crippen LogP contribution in [0.2, 0.25) is 0 Å². The minimum Gasteiger partial charge on any atom is -0.474 e. The van der Waals surface area contributed by atoms with E-state index in [2.05, 4.69) is 11.1 Å². The van der Waals surface area contributed by atoms with E-state index in [9.17, 15) is 41.2 Å². The van der Waals surface area contributed by atoms with Crippen molar-refractivity contribution in [3.8, 4) is 11.8 Å². The number of ketones is 1. The quantitative estimate of drug-likeness (QED) is 0.125. The third kappa shape index (κ3) is 9.30. The van der Waals surface area contributed by atoms with Gasteiger partial charge >= 0.3 is 12.4 Å². The molecule has 1 aromatic carbocycles. The van der Waals surface area contributed by atoms with Gasteiger partial charge in [0.2, 0.25) is 5.60 Å². The van der Waals surface area contributed by atoms with E-state index in [1.54, 1.807) is 6.92 Å². The number of hydrogen-bond donors (Lipinski definition) is 0. The first-order valence-electron chi connectivity index (χ1n) is 18.9. The third-order valence-electron chi connectivity index (χ3n) is 11.3. The normalized spacial score (nSPS) is 20.2. The van der Waals surface area contributed by atoms with E-state index >= 15 is 4.79 Å². The van der Waals surface area contributed by atoms with Crippen molar-refractivity contribution >= 4 is 28.9 Å². The molecule has 0 unspecified atom stereocenters. The van der Waals surface area contributed by atoms with E-state index in [-0.39, 0.29) is 69.9 Å². The summed E-state index contributed by atoms with van der Waals surface area (Å²) in [6, 6.07) is 11.2. The molecule has 0 N–H and O–H groups in total. The monoisotopic (exact) mass is 820 g/mol. The number of amides is 2. The molecule has 0 bridgehead atoms. The summed E-state index contributed by atoms with van der Waals surface area (Å²) in [4.78, 5) is 46.5. The highest BCUT2D eigenvalue weighted by molar-refractivity contribution is 7.10. The van der Waals surface area contributed by atoms with Crippen LogP contribution < -0.4 is 4.74 Å². The lowest BCUT2D eigenvalue weighted by Crippen LogP contribution is -2.68. The Morgan fingerprint density at radius 3 is 2.32 bits per heavy atom. The average molecular weight is 821 g/mol. The Morgan fingerprint density at radius 1 is 1.00 bits per heavy atom. The number of aromatic nitrogens is 1. The van der Waals surface area contributed by atoms with Crippen molar-refractivity contribution in [1.29, 1.82) is 5.26 Å². The van der Waals surface area contributed by atoms with Crippen molar-refractivity contribution < 1.29 is 50.2 Å². The van der Waals surface area contributed by atoms with Gasteiger partial charge in [0.1, 0.15) is 22.1 Å². The molecule has 2 saturated heterocycles. The highest BCUT2D eigenvalue weighted by Gasteiger charge is 2.57. The zero-order valence-corrected chi connectivity index (χ0v) is 33.1. The Balaban J connectivity index is 1.47. The van der Waals surface area contributed by atoms with Gasteiger partial charge in [-0.05, 0) is 62.3 Å². The van der Waals surface area contributed by atoms with Crippen molar-refractivity contribution in [2.75, 3.05) is 26.2 Å².